The van der Waals surface area contributed by atoms with Crippen molar-refractivity contribution in [3.8, 4) is 0 Å². The first-order valence-corrected chi connectivity index (χ1v) is 7.39. The predicted octanol–water partition coefficient (Wildman–Crippen LogP) is 4.07. The van der Waals surface area contributed by atoms with Gasteiger partial charge in [0.2, 0.25) is 0 Å². The van der Waals surface area contributed by atoms with E-state index in [-0.39, 0.29) is 16.9 Å². The standard InChI is InChI=1S/C17H28N2O2/c1-7-21-15(20)12-8-9-13(18)14(10-12)19-17(5,6)11-16(2,3)4/h8-10,19H,7,11,18H2,1-6H3. The van der Waals surface area contributed by atoms with Crippen LogP contribution in [0.3, 0.4) is 0 Å². The monoisotopic (exact) mass is 292 g/mol. The largest absolute Gasteiger partial charge is 0.462 e. The van der Waals surface area contributed by atoms with Crippen LogP contribution in [0.15, 0.2) is 18.2 Å². The third-order valence-corrected chi connectivity index (χ3v) is 3.01. The first-order chi connectivity index (χ1) is 9.54. The number of hydrogen-bond acceptors (Lipinski definition) is 4. The van der Waals surface area contributed by atoms with Gasteiger partial charge in [0.05, 0.1) is 23.5 Å². The number of nitrogens with two attached hydrogens (primary N) is 1. The summed E-state index contributed by atoms with van der Waals surface area (Å²) in [4.78, 5) is 11.8. The van der Waals surface area contributed by atoms with Crippen LogP contribution in [0, 0.1) is 5.41 Å². The fourth-order valence-corrected chi connectivity index (χ4v) is 2.74. The fourth-order valence-electron chi connectivity index (χ4n) is 2.74. The molecule has 0 spiro atoms. The quantitative estimate of drug-likeness (QED) is 0.634. The maximum Gasteiger partial charge on any atom is 0.338 e. The molecule has 1 aromatic carbocycles. The topological polar surface area (TPSA) is 64.3 Å². The smallest absolute Gasteiger partial charge is 0.338 e. The van der Waals surface area contributed by atoms with Crippen LogP contribution in [-0.4, -0.2) is 18.1 Å². The van der Waals surface area contributed by atoms with E-state index >= 15 is 0 Å². The van der Waals surface area contributed by atoms with E-state index in [9.17, 15) is 4.79 Å². The van der Waals surface area contributed by atoms with Crippen molar-refractivity contribution in [2.45, 2.75) is 53.5 Å². The Kier molecular flexibility index (Phi) is 5.26. The summed E-state index contributed by atoms with van der Waals surface area (Å²) in [5.41, 5.74) is 8.01. The molecule has 3 N–H and O–H groups in total. The van der Waals surface area contributed by atoms with Crippen molar-refractivity contribution in [2.75, 3.05) is 17.7 Å². The SMILES string of the molecule is CCOC(=O)c1ccc(N)c(NC(C)(C)CC(C)(C)C)c1. The molecule has 0 bridgehead atoms. The molecule has 118 valence electrons. The highest BCUT2D eigenvalue weighted by molar-refractivity contribution is 5.92. The van der Waals surface area contributed by atoms with Crippen molar-refractivity contribution >= 4 is 17.3 Å². The molecule has 0 amide bonds. The third kappa shape index (κ3) is 5.66. The average molecular weight is 292 g/mol. The van der Waals surface area contributed by atoms with Crippen LogP contribution < -0.4 is 11.1 Å². The summed E-state index contributed by atoms with van der Waals surface area (Å²) < 4.78 is 5.03. The first kappa shape index (κ1) is 17.3. The van der Waals surface area contributed by atoms with Gasteiger partial charge in [0.25, 0.3) is 0 Å². The lowest BCUT2D eigenvalue weighted by molar-refractivity contribution is 0.0526. The number of esters is 1. The van der Waals surface area contributed by atoms with Crippen LogP contribution in [0.25, 0.3) is 0 Å². The highest BCUT2D eigenvalue weighted by atomic mass is 16.5. The lowest BCUT2D eigenvalue weighted by atomic mass is 9.81. The Bertz CT molecular complexity index is 502. The molecule has 0 aliphatic heterocycles. The molecule has 0 saturated carbocycles. The Balaban J connectivity index is 2.97. The highest BCUT2D eigenvalue weighted by Gasteiger charge is 2.26. The van der Waals surface area contributed by atoms with Gasteiger partial charge in [0, 0.05) is 5.54 Å². The lowest BCUT2D eigenvalue weighted by Crippen LogP contribution is -2.35. The molecular weight excluding hydrogens is 264 g/mol. The summed E-state index contributed by atoms with van der Waals surface area (Å²) in [5, 5.41) is 3.45. The van der Waals surface area contributed by atoms with Gasteiger partial charge in [-0.1, -0.05) is 20.8 Å². The van der Waals surface area contributed by atoms with Crippen LogP contribution in [0.1, 0.15) is 58.3 Å². The minimum Gasteiger partial charge on any atom is -0.462 e. The molecule has 0 aliphatic carbocycles. The first-order valence-electron chi connectivity index (χ1n) is 7.39. The number of nitrogen functional groups attached to an aromatic ring is 1. The summed E-state index contributed by atoms with van der Waals surface area (Å²) in [6, 6.07) is 5.19. The van der Waals surface area contributed by atoms with Gasteiger partial charge >= 0.3 is 5.97 Å². The van der Waals surface area contributed by atoms with E-state index in [0.717, 1.165) is 12.1 Å². The number of nitrogens with one attached hydrogen (secondary N) is 1. The number of ether oxygens (including phenoxy) is 1. The summed E-state index contributed by atoms with van der Waals surface area (Å²) in [6.45, 7) is 13.0. The molecule has 0 aromatic heterocycles. The lowest BCUT2D eigenvalue weighted by Gasteiger charge is -2.34. The summed E-state index contributed by atoms with van der Waals surface area (Å²) >= 11 is 0. The second-order valence-electron chi connectivity index (χ2n) is 7.27. The van der Waals surface area contributed by atoms with Gasteiger partial charge in [-0.2, -0.15) is 0 Å². The Hall–Kier alpha value is -1.71. The van der Waals surface area contributed by atoms with Gasteiger partial charge in [-0.05, 0) is 50.8 Å². The third-order valence-electron chi connectivity index (χ3n) is 3.01. The van der Waals surface area contributed by atoms with Crippen molar-refractivity contribution in [3.63, 3.8) is 0 Å². The van der Waals surface area contributed by atoms with Gasteiger partial charge in [-0.3, -0.25) is 0 Å². The molecule has 1 aromatic rings. The van der Waals surface area contributed by atoms with Crippen LogP contribution in [-0.2, 0) is 4.74 Å². The summed E-state index contributed by atoms with van der Waals surface area (Å²) in [5.74, 6) is -0.325. The second kappa shape index (κ2) is 6.37. The molecule has 4 nitrogen and oxygen atoms in total. The van der Waals surface area contributed by atoms with E-state index in [1.807, 2.05) is 0 Å². The fraction of sp³-hybridized carbons (Fsp3) is 0.588. The molecule has 0 heterocycles. The maximum atomic E-state index is 11.8. The van der Waals surface area contributed by atoms with Gasteiger partial charge in [0.15, 0.2) is 0 Å². The summed E-state index contributed by atoms with van der Waals surface area (Å²) in [7, 11) is 0. The minimum atomic E-state index is -0.325. The second-order valence-corrected chi connectivity index (χ2v) is 7.27. The molecule has 4 heteroatoms. The van der Waals surface area contributed by atoms with E-state index in [0.29, 0.717) is 17.9 Å². The van der Waals surface area contributed by atoms with Crippen molar-refractivity contribution in [2.24, 2.45) is 5.41 Å². The Morgan fingerprint density at radius 2 is 1.86 bits per heavy atom. The molecule has 0 aliphatic rings. The molecule has 0 atom stereocenters. The maximum absolute atomic E-state index is 11.8. The van der Waals surface area contributed by atoms with Gasteiger partial charge < -0.3 is 15.8 Å². The molecule has 0 fully saturated rings. The summed E-state index contributed by atoms with van der Waals surface area (Å²) in [6.07, 6.45) is 0.975. The van der Waals surface area contributed by atoms with E-state index in [1.165, 1.54) is 0 Å². The number of anilines is 2. The molecule has 0 radical (unpaired) electrons. The number of rotatable bonds is 5. The zero-order valence-corrected chi connectivity index (χ0v) is 14.0. The highest BCUT2D eigenvalue weighted by Crippen LogP contribution is 2.31. The van der Waals surface area contributed by atoms with Gasteiger partial charge in [-0.15, -0.1) is 0 Å². The van der Waals surface area contributed by atoms with E-state index < -0.39 is 0 Å². The molecular formula is C17H28N2O2. The van der Waals surface area contributed by atoms with Crippen LogP contribution in [0.2, 0.25) is 0 Å². The van der Waals surface area contributed by atoms with E-state index in [1.54, 1.807) is 25.1 Å². The van der Waals surface area contributed by atoms with Crippen molar-refractivity contribution in [3.05, 3.63) is 23.8 Å². The zero-order chi connectivity index (χ0) is 16.3. The minimum absolute atomic E-state index is 0.125. The normalized spacial score (nSPS) is 12.1. The molecule has 21 heavy (non-hydrogen) atoms. The van der Waals surface area contributed by atoms with Crippen LogP contribution >= 0.6 is 0 Å². The van der Waals surface area contributed by atoms with Crippen molar-refractivity contribution < 1.29 is 9.53 Å². The molecule has 0 unspecified atom stereocenters. The van der Waals surface area contributed by atoms with Gasteiger partial charge in [0.1, 0.15) is 0 Å². The number of benzene rings is 1. The Morgan fingerprint density at radius 3 is 2.38 bits per heavy atom. The van der Waals surface area contributed by atoms with E-state index in [4.69, 9.17) is 10.5 Å². The Labute approximate surface area is 128 Å². The number of carbonyl (C=O) groups excluding carboxylic acids is 1. The Morgan fingerprint density at radius 1 is 1.24 bits per heavy atom. The number of carbonyl (C=O) groups is 1. The van der Waals surface area contributed by atoms with Crippen molar-refractivity contribution in [1.29, 1.82) is 0 Å². The predicted molar refractivity (Wildman–Crippen MR) is 88.6 cm³/mol. The number of hydrogen-bond donors (Lipinski definition) is 2. The zero-order valence-electron chi connectivity index (χ0n) is 14.0. The van der Waals surface area contributed by atoms with Crippen LogP contribution in [0.4, 0.5) is 11.4 Å². The van der Waals surface area contributed by atoms with Crippen molar-refractivity contribution in [1.82, 2.24) is 0 Å². The van der Waals surface area contributed by atoms with Gasteiger partial charge in [-0.25, -0.2) is 4.79 Å². The average Bonchev–Trinajstić information content (AvgIpc) is 2.28. The van der Waals surface area contributed by atoms with Crippen LogP contribution in [0.5, 0.6) is 0 Å². The van der Waals surface area contributed by atoms with E-state index in [2.05, 4.69) is 39.9 Å². The molecule has 1 rings (SSSR count). The molecule has 0 saturated heterocycles.